The second-order valence-electron chi connectivity index (χ2n) is 10.5. The van der Waals surface area contributed by atoms with Gasteiger partial charge in [-0.1, -0.05) is 91.0 Å². The molecule has 0 bridgehead atoms. The topological polar surface area (TPSA) is 134 Å². The third-order valence-corrected chi connectivity index (χ3v) is 8.53. The molecule has 1 fully saturated rings. The number of aliphatic imine (C=N–C) groups is 1. The van der Waals surface area contributed by atoms with E-state index in [-0.39, 0.29) is 22.8 Å². The summed E-state index contributed by atoms with van der Waals surface area (Å²) in [6, 6.07) is 24.7. The molecular formula is C30H36ClN5O4S2. The Morgan fingerprint density at radius 2 is 1.52 bits per heavy atom. The molecule has 5 rings (SSSR count). The minimum Gasteiger partial charge on any atom is -0.248 e. The summed E-state index contributed by atoms with van der Waals surface area (Å²) in [4.78, 5) is 5.14. The van der Waals surface area contributed by atoms with Gasteiger partial charge in [-0.15, -0.1) is 0 Å². The Morgan fingerprint density at radius 1 is 0.929 bits per heavy atom. The third kappa shape index (κ3) is 9.12. The molecule has 1 heterocycles. The molecule has 0 radical (unpaired) electrons. The average Bonchev–Trinajstić information content (AvgIpc) is 3.39. The molecule has 9 nitrogen and oxygen atoms in total. The van der Waals surface area contributed by atoms with E-state index < -0.39 is 20.0 Å². The van der Waals surface area contributed by atoms with Gasteiger partial charge in [0.25, 0.3) is 10.0 Å². The molecule has 0 amide bonds. The summed E-state index contributed by atoms with van der Waals surface area (Å²) in [5.74, 6) is 0.222. The van der Waals surface area contributed by atoms with Gasteiger partial charge in [0.2, 0.25) is 16.0 Å². The van der Waals surface area contributed by atoms with Crippen molar-refractivity contribution < 1.29 is 16.8 Å². The number of nitrogens with two attached hydrogens (primary N) is 1. The van der Waals surface area contributed by atoms with Crippen molar-refractivity contribution in [3.63, 3.8) is 0 Å². The van der Waals surface area contributed by atoms with E-state index in [1.807, 2.05) is 49.4 Å². The zero-order valence-electron chi connectivity index (χ0n) is 23.6. The zero-order valence-corrected chi connectivity index (χ0v) is 26.0. The molecule has 224 valence electrons. The van der Waals surface area contributed by atoms with Crippen LogP contribution in [-0.2, 0) is 20.0 Å². The lowest BCUT2D eigenvalue weighted by Crippen LogP contribution is -2.42. The van der Waals surface area contributed by atoms with E-state index in [4.69, 9.17) is 21.7 Å². The second kappa shape index (κ2) is 13.8. The largest absolute Gasteiger partial charge is 0.264 e. The number of primary sulfonamides is 1. The molecule has 3 aromatic rings. The molecule has 3 N–H and O–H groups in total. The molecule has 0 saturated heterocycles. The number of aryl methyl sites for hydroxylation is 1. The molecule has 12 heteroatoms. The Hall–Kier alpha value is -3.25. The highest BCUT2D eigenvalue weighted by molar-refractivity contribution is 7.90. The van der Waals surface area contributed by atoms with Crippen molar-refractivity contribution in [2.45, 2.75) is 55.9 Å². The Morgan fingerprint density at radius 3 is 2.12 bits per heavy atom. The van der Waals surface area contributed by atoms with Crippen LogP contribution in [0.1, 0.15) is 54.7 Å². The zero-order chi connectivity index (χ0) is 30.3. The van der Waals surface area contributed by atoms with Crippen LogP contribution in [0.2, 0.25) is 5.02 Å². The number of hydrogen-bond donors (Lipinski definition) is 2. The van der Waals surface area contributed by atoms with E-state index in [1.165, 1.54) is 6.42 Å². The van der Waals surface area contributed by atoms with Gasteiger partial charge >= 0.3 is 0 Å². The van der Waals surface area contributed by atoms with Crippen LogP contribution >= 0.6 is 11.6 Å². The lowest BCUT2D eigenvalue weighted by Gasteiger charge is -2.24. The van der Waals surface area contributed by atoms with Gasteiger partial charge in [0, 0.05) is 10.9 Å². The number of rotatable bonds is 5. The lowest BCUT2D eigenvalue weighted by atomic mass is 9.91. The summed E-state index contributed by atoms with van der Waals surface area (Å²) in [5, 5.41) is 11.7. The number of nitrogens with zero attached hydrogens (tertiary/aromatic N) is 3. The van der Waals surface area contributed by atoms with Crippen molar-refractivity contribution >= 4 is 43.3 Å². The summed E-state index contributed by atoms with van der Waals surface area (Å²) in [6.07, 6.45) is 6.21. The smallest absolute Gasteiger partial charge is 0.248 e. The molecule has 1 aliphatic heterocycles. The summed E-state index contributed by atoms with van der Waals surface area (Å²) < 4.78 is 48.4. The van der Waals surface area contributed by atoms with E-state index >= 15 is 0 Å². The Bertz CT molecular complexity index is 1610. The van der Waals surface area contributed by atoms with Gasteiger partial charge in [-0.25, -0.2) is 36.7 Å². The maximum absolute atomic E-state index is 13.4. The first-order chi connectivity index (χ1) is 19.9. The molecule has 0 aromatic heterocycles. The fourth-order valence-electron chi connectivity index (χ4n) is 4.89. The first-order valence-corrected chi connectivity index (χ1v) is 17.5. The number of guanidine groups is 1. The van der Waals surface area contributed by atoms with Gasteiger partial charge in [0.1, 0.15) is 0 Å². The fourth-order valence-corrected chi connectivity index (χ4v) is 6.02. The van der Waals surface area contributed by atoms with Crippen molar-refractivity contribution in [3.8, 4) is 0 Å². The molecule has 2 aliphatic rings. The van der Waals surface area contributed by atoms with E-state index in [9.17, 15) is 16.8 Å². The highest BCUT2D eigenvalue weighted by Crippen LogP contribution is 2.30. The number of nitrogens with one attached hydrogen (secondary N) is 1. The predicted octanol–water partition coefficient (Wildman–Crippen LogP) is 5.02. The van der Waals surface area contributed by atoms with Crippen LogP contribution in [0, 0.1) is 6.92 Å². The van der Waals surface area contributed by atoms with Crippen LogP contribution in [0.4, 0.5) is 0 Å². The molecule has 1 unspecified atom stereocenters. The number of hydrogen-bond acceptors (Lipinski definition) is 6. The van der Waals surface area contributed by atoms with Crippen LogP contribution in [-0.4, -0.2) is 52.4 Å². The normalized spacial score (nSPS) is 18.2. The molecule has 1 atom stereocenters. The van der Waals surface area contributed by atoms with Crippen LogP contribution < -0.4 is 9.86 Å². The maximum Gasteiger partial charge on any atom is 0.264 e. The third-order valence-electron chi connectivity index (χ3n) is 6.94. The van der Waals surface area contributed by atoms with Crippen molar-refractivity contribution in [1.29, 1.82) is 0 Å². The van der Waals surface area contributed by atoms with Gasteiger partial charge in [0.15, 0.2) is 0 Å². The molecule has 42 heavy (non-hydrogen) atoms. The van der Waals surface area contributed by atoms with Crippen LogP contribution in [0.25, 0.3) is 0 Å². The fraction of sp³-hybridized carbons (Fsp3) is 0.333. The van der Waals surface area contributed by atoms with E-state index in [1.54, 1.807) is 29.3 Å². The van der Waals surface area contributed by atoms with E-state index in [0.717, 1.165) is 54.3 Å². The molecule has 3 aromatic carbocycles. The Kier molecular flexibility index (Phi) is 10.4. The summed E-state index contributed by atoms with van der Waals surface area (Å²) in [5.41, 5.74) is 3.91. The average molecular weight is 630 g/mol. The lowest BCUT2D eigenvalue weighted by molar-refractivity contribution is 0.420. The van der Waals surface area contributed by atoms with Crippen molar-refractivity contribution in [3.05, 3.63) is 101 Å². The van der Waals surface area contributed by atoms with E-state index in [2.05, 4.69) is 22.0 Å². The van der Waals surface area contributed by atoms with E-state index in [0.29, 0.717) is 11.6 Å². The van der Waals surface area contributed by atoms with Crippen molar-refractivity contribution in [2.24, 2.45) is 15.2 Å². The van der Waals surface area contributed by atoms with Gasteiger partial charge in [-0.2, -0.15) is 5.10 Å². The van der Waals surface area contributed by atoms with Crippen molar-refractivity contribution in [2.75, 3.05) is 12.8 Å². The van der Waals surface area contributed by atoms with Gasteiger partial charge in [0.05, 0.1) is 29.4 Å². The SMILES string of the molecule is CS(N)(=O)=O.Cc1ccc(S(=O)(=O)NC(=NC2CCCCC2)N2CC(c3ccccc3)C(c3ccc(Cl)cc3)=N2)cc1. The highest BCUT2D eigenvalue weighted by atomic mass is 35.5. The Labute approximate surface area is 253 Å². The minimum atomic E-state index is -3.84. The summed E-state index contributed by atoms with van der Waals surface area (Å²) in [7, 11) is -7.01. The maximum atomic E-state index is 13.4. The number of sulfonamides is 2. The molecular weight excluding hydrogens is 594 g/mol. The number of hydrazone groups is 1. The van der Waals surface area contributed by atoms with Gasteiger partial charge < -0.3 is 0 Å². The predicted molar refractivity (Wildman–Crippen MR) is 169 cm³/mol. The second-order valence-corrected chi connectivity index (χ2v) is 14.3. The van der Waals surface area contributed by atoms with Crippen LogP contribution in [0.5, 0.6) is 0 Å². The highest BCUT2D eigenvalue weighted by Gasteiger charge is 2.33. The number of halogens is 1. The van der Waals surface area contributed by atoms with Gasteiger partial charge in [-0.05, 0) is 55.2 Å². The first kappa shape index (κ1) is 31.7. The van der Waals surface area contributed by atoms with Crippen LogP contribution in [0.15, 0.2) is 93.9 Å². The molecule has 1 saturated carbocycles. The monoisotopic (exact) mass is 629 g/mol. The Balaban J connectivity index is 0.000000748. The van der Waals surface area contributed by atoms with Crippen LogP contribution in [0.3, 0.4) is 0 Å². The standard InChI is InChI=1S/C29H31ClN4O2S.CH5NO2S/c1-21-12-18-26(19-13-21)37(35,36)33-29(31-25-10-6-3-7-11-25)34-20-27(22-8-4-2-5-9-22)28(32-34)23-14-16-24(30)17-15-23;1-5(2,3)4/h2,4-5,8-9,12-19,25,27H,3,6-7,10-11,20H2,1H3,(H,31,33);1H3,(H2,2,3,4). The first-order valence-electron chi connectivity index (χ1n) is 13.7. The van der Waals surface area contributed by atoms with Crippen molar-refractivity contribution in [1.82, 2.24) is 9.73 Å². The summed E-state index contributed by atoms with van der Waals surface area (Å²) >= 11 is 6.15. The van der Waals surface area contributed by atoms with Gasteiger partial charge in [-0.3, -0.25) is 0 Å². The summed E-state index contributed by atoms with van der Waals surface area (Å²) in [6.45, 7) is 2.41. The number of benzene rings is 3. The molecule has 0 spiro atoms. The minimum absolute atomic E-state index is 0.0530. The molecule has 1 aliphatic carbocycles. The quantitative estimate of drug-likeness (QED) is 0.302.